The molecule has 3 rings (SSSR count). The van der Waals surface area contributed by atoms with Gasteiger partial charge >= 0.3 is 0 Å². The Hall–Kier alpha value is -1.84. The lowest BCUT2D eigenvalue weighted by atomic mass is 9.91. The van der Waals surface area contributed by atoms with Crippen LogP contribution in [0.1, 0.15) is 35.3 Å². The first-order chi connectivity index (χ1) is 10.3. The number of methoxy groups -OCH3 is 1. The van der Waals surface area contributed by atoms with Crippen LogP contribution >= 0.6 is 0 Å². The van der Waals surface area contributed by atoms with E-state index in [0.29, 0.717) is 0 Å². The molecule has 2 unspecified atom stereocenters. The third-order valence-electron chi connectivity index (χ3n) is 4.10. The van der Waals surface area contributed by atoms with Crippen LogP contribution in [0.4, 0.5) is 0 Å². The van der Waals surface area contributed by atoms with Crippen molar-refractivity contribution >= 4 is 0 Å². The Morgan fingerprint density at radius 1 is 1.19 bits per heavy atom. The zero-order valence-corrected chi connectivity index (χ0v) is 12.3. The van der Waals surface area contributed by atoms with Crippen LogP contribution in [0.3, 0.4) is 0 Å². The van der Waals surface area contributed by atoms with Crippen molar-refractivity contribution in [2.24, 2.45) is 5.73 Å². The van der Waals surface area contributed by atoms with Crippen LogP contribution in [0, 0.1) is 0 Å². The smallest absolute Gasteiger partial charge is 0.123 e. The molecular weight excluding hydrogens is 262 g/mol. The molecule has 3 heteroatoms. The number of rotatable bonds is 4. The Balaban J connectivity index is 1.81. The number of hydrogen-bond acceptors (Lipinski definition) is 3. The summed E-state index contributed by atoms with van der Waals surface area (Å²) in [6, 6.07) is 16.3. The molecule has 0 amide bonds. The summed E-state index contributed by atoms with van der Waals surface area (Å²) in [6.45, 7) is 0.764. The van der Waals surface area contributed by atoms with Crippen molar-refractivity contribution in [3.63, 3.8) is 0 Å². The monoisotopic (exact) mass is 283 g/mol. The van der Waals surface area contributed by atoms with Crippen LogP contribution in [0.5, 0.6) is 5.75 Å². The quantitative estimate of drug-likeness (QED) is 0.935. The van der Waals surface area contributed by atoms with Crippen molar-refractivity contribution in [3.05, 3.63) is 65.2 Å². The van der Waals surface area contributed by atoms with E-state index in [-0.39, 0.29) is 12.1 Å². The molecule has 0 spiro atoms. The highest BCUT2D eigenvalue weighted by molar-refractivity contribution is 5.37. The molecule has 0 aromatic heterocycles. The van der Waals surface area contributed by atoms with Gasteiger partial charge in [0.05, 0.1) is 19.8 Å². The van der Waals surface area contributed by atoms with E-state index < -0.39 is 0 Å². The normalized spacial score (nSPS) is 18.9. The Morgan fingerprint density at radius 2 is 1.95 bits per heavy atom. The molecular formula is C18H21NO2. The van der Waals surface area contributed by atoms with Gasteiger partial charge in [-0.25, -0.2) is 0 Å². The minimum atomic E-state index is -0.0997. The Kier molecular flexibility index (Phi) is 4.23. The van der Waals surface area contributed by atoms with E-state index in [1.54, 1.807) is 7.11 Å². The van der Waals surface area contributed by atoms with Crippen LogP contribution in [0.15, 0.2) is 48.5 Å². The summed E-state index contributed by atoms with van der Waals surface area (Å²) >= 11 is 0. The highest BCUT2D eigenvalue weighted by atomic mass is 16.5. The summed E-state index contributed by atoms with van der Waals surface area (Å²) in [7, 11) is 1.68. The number of hydrogen-bond donors (Lipinski definition) is 1. The molecule has 3 nitrogen and oxygen atoms in total. The van der Waals surface area contributed by atoms with Crippen molar-refractivity contribution in [1.82, 2.24) is 0 Å². The first kappa shape index (κ1) is 14.1. The van der Waals surface area contributed by atoms with Gasteiger partial charge in [0.1, 0.15) is 5.75 Å². The van der Waals surface area contributed by atoms with Gasteiger partial charge in [-0.1, -0.05) is 42.5 Å². The minimum Gasteiger partial charge on any atom is -0.496 e. The molecule has 0 fully saturated rings. The molecule has 110 valence electrons. The highest BCUT2D eigenvalue weighted by Gasteiger charge is 2.24. The molecule has 2 N–H and O–H groups in total. The zero-order valence-electron chi connectivity index (χ0n) is 12.3. The second-order valence-electron chi connectivity index (χ2n) is 5.39. The number of benzene rings is 2. The Morgan fingerprint density at radius 3 is 2.81 bits per heavy atom. The molecule has 2 aromatic rings. The van der Waals surface area contributed by atoms with E-state index in [2.05, 4.69) is 24.3 Å². The molecule has 21 heavy (non-hydrogen) atoms. The van der Waals surface area contributed by atoms with Gasteiger partial charge in [0.15, 0.2) is 0 Å². The number of ether oxygens (including phenoxy) is 2. The maximum atomic E-state index is 6.40. The summed E-state index contributed by atoms with van der Waals surface area (Å²) in [4.78, 5) is 0. The predicted molar refractivity (Wildman–Crippen MR) is 83.4 cm³/mol. The maximum Gasteiger partial charge on any atom is 0.123 e. The first-order valence-corrected chi connectivity index (χ1v) is 7.37. The Labute approximate surface area is 125 Å². The number of para-hydroxylation sites is 1. The van der Waals surface area contributed by atoms with Crippen molar-refractivity contribution < 1.29 is 9.47 Å². The largest absolute Gasteiger partial charge is 0.496 e. The highest BCUT2D eigenvalue weighted by Crippen LogP contribution is 2.35. The first-order valence-electron chi connectivity index (χ1n) is 7.37. The lowest BCUT2D eigenvalue weighted by Crippen LogP contribution is -2.22. The molecule has 1 aliphatic rings. The molecule has 0 bridgehead atoms. The van der Waals surface area contributed by atoms with Gasteiger partial charge < -0.3 is 15.2 Å². The van der Waals surface area contributed by atoms with E-state index in [4.69, 9.17) is 15.2 Å². The summed E-state index contributed by atoms with van der Waals surface area (Å²) < 4.78 is 11.4. The van der Waals surface area contributed by atoms with Crippen LogP contribution < -0.4 is 10.5 Å². The fourth-order valence-electron chi connectivity index (χ4n) is 3.00. The van der Waals surface area contributed by atoms with E-state index >= 15 is 0 Å². The van der Waals surface area contributed by atoms with Gasteiger partial charge in [-0.15, -0.1) is 0 Å². The molecule has 0 aliphatic carbocycles. The van der Waals surface area contributed by atoms with Gasteiger partial charge in [0.25, 0.3) is 0 Å². The summed E-state index contributed by atoms with van der Waals surface area (Å²) in [5, 5.41) is 0. The van der Waals surface area contributed by atoms with Crippen LogP contribution in [-0.4, -0.2) is 13.7 Å². The van der Waals surface area contributed by atoms with Gasteiger partial charge in [0.2, 0.25) is 0 Å². The van der Waals surface area contributed by atoms with Crippen LogP contribution in [0.2, 0.25) is 0 Å². The fraction of sp³-hybridized carbons (Fsp3) is 0.333. The SMILES string of the molecule is COc1ccccc1C(N)CC1OCCc2ccccc21. The second-order valence-corrected chi connectivity index (χ2v) is 5.39. The van der Waals surface area contributed by atoms with Gasteiger partial charge in [-0.3, -0.25) is 0 Å². The maximum absolute atomic E-state index is 6.40. The standard InChI is InChI=1S/C18H21NO2/c1-20-17-9-5-4-8-15(17)16(19)12-18-14-7-3-2-6-13(14)10-11-21-18/h2-9,16,18H,10-12,19H2,1H3. The Bertz CT molecular complexity index is 612. The molecule has 0 saturated carbocycles. The van der Waals surface area contributed by atoms with Crippen LogP contribution in [-0.2, 0) is 11.2 Å². The molecule has 0 radical (unpaired) electrons. The average molecular weight is 283 g/mol. The van der Waals surface area contributed by atoms with Crippen molar-refractivity contribution in [1.29, 1.82) is 0 Å². The number of nitrogens with two attached hydrogens (primary N) is 1. The third kappa shape index (κ3) is 2.94. The minimum absolute atomic E-state index is 0.0647. The third-order valence-corrected chi connectivity index (χ3v) is 4.10. The van der Waals surface area contributed by atoms with Gasteiger partial charge in [-0.2, -0.15) is 0 Å². The van der Waals surface area contributed by atoms with Crippen molar-refractivity contribution in [2.45, 2.75) is 25.0 Å². The second kappa shape index (κ2) is 6.29. The molecule has 2 atom stereocenters. The van der Waals surface area contributed by atoms with E-state index in [0.717, 1.165) is 30.8 Å². The summed E-state index contributed by atoms with van der Waals surface area (Å²) in [5.41, 5.74) is 10.1. The number of fused-ring (bicyclic) bond motifs is 1. The fourth-order valence-corrected chi connectivity index (χ4v) is 3.00. The van der Waals surface area contributed by atoms with Gasteiger partial charge in [-0.05, 0) is 30.0 Å². The predicted octanol–water partition coefficient (Wildman–Crippen LogP) is 3.40. The van der Waals surface area contributed by atoms with E-state index in [9.17, 15) is 0 Å². The zero-order chi connectivity index (χ0) is 14.7. The van der Waals surface area contributed by atoms with Crippen molar-refractivity contribution in [2.75, 3.05) is 13.7 Å². The molecule has 0 saturated heterocycles. The van der Waals surface area contributed by atoms with Gasteiger partial charge in [0, 0.05) is 11.6 Å². The van der Waals surface area contributed by atoms with E-state index in [1.165, 1.54) is 11.1 Å². The lowest BCUT2D eigenvalue weighted by molar-refractivity contribution is 0.0318. The van der Waals surface area contributed by atoms with E-state index in [1.807, 2.05) is 24.3 Å². The molecule has 1 heterocycles. The lowest BCUT2D eigenvalue weighted by Gasteiger charge is -2.28. The summed E-state index contributed by atoms with van der Waals surface area (Å²) in [6.07, 6.45) is 1.81. The van der Waals surface area contributed by atoms with Crippen molar-refractivity contribution in [3.8, 4) is 5.75 Å². The average Bonchev–Trinajstić information content (AvgIpc) is 2.55. The van der Waals surface area contributed by atoms with Crippen LogP contribution in [0.25, 0.3) is 0 Å². The topological polar surface area (TPSA) is 44.5 Å². The summed E-state index contributed by atoms with van der Waals surface area (Å²) in [5.74, 6) is 0.842. The molecule has 2 aromatic carbocycles. The molecule has 1 aliphatic heterocycles.